The third-order valence-corrected chi connectivity index (χ3v) is 7.27. The smallest absolute Gasteiger partial charge is 0.260 e. The first-order chi connectivity index (χ1) is 11.1. The normalized spacial score (nSPS) is 19.5. The van der Waals surface area contributed by atoms with E-state index in [-0.39, 0.29) is 17.4 Å². The number of sulfonamides is 1. The maximum atomic E-state index is 12.9. The summed E-state index contributed by atoms with van der Waals surface area (Å²) in [4.78, 5) is 4.30. The van der Waals surface area contributed by atoms with E-state index in [0.717, 1.165) is 29.4 Å². The Labute approximate surface area is 159 Å². The second-order valence-corrected chi connectivity index (χ2v) is 8.89. The van der Waals surface area contributed by atoms with E-state index < -0.39 is 16.2 Å². The molecule has 0 amide bonds. The maximum absolute atomic E-state index is 12.9. The van der Waals surface area contributed by atoms with Gasteiger partial charge in [-0.2, -0.15) is 4.72 Å². The van der Waals surface area contributed by atoms with Gasteiger partial charge in [0.25, 0.3) is 10.0 Å². The van der Waals surface area contributed by atoms with Gasteiger partial charge >= 0.3 is 0 Å². The van der Waals surface area contributed by atoms with Gasteiger partial charge in [0, 0.05) is 18.8 Å². The van der Waals surface area contributed by atoms with Crippen molar-refractivity contribution >= 4 is 50.1 Å². The zero-order valence-electron chi connectivity index (χ0n) is 12.5. The van der Waals surface area contributed by atoms with Crippen molar-refractivity contribution in [2.45, 2.75) is 29.3 Å². The minimum absolute atomic E-state index is 0. The maximum Gasteiger partial charge on any atom is 0.260 e. The first kappa shape index (κ1) is 18.2. The van der Waals surface area contributed by atoms with Crippen molar-refractivity contribution < 1.29 is 8.42 Å². The van der Waals surface area contributed by atoms with Crippen LogP contribution in [-0.4, -0.2) is 30.3 Å². The Morgan fingerprint density at radius 2 is 2.17 bits per heavy atom. The quantitative estimate of drug-likeness (QED) is 0.749. The van der Waals surface area contributed by atoms with Gasteiger partial charge in [-0.1, -0.05) is 36.0 Å². The van der Waals surface area contributed by atoms with E-state index in [1.165, 1.54) is 5.56 Å². The molecule has 2 aromatic rings. The van der Waals surface area contributed by atoms with Gasteiger partial charge in [0.05, 0.1) is 6.17 Å². The molecule has 0 saturated carbocycles. The van der Waals surface area contributed by atoms with E-state index >= 15 is 0 Å². The Morgan fingerprint density at radius 3 is 3.00 bits per heavy atom. The van der Waals surface area contributed by atoms with Crippen molar-refractivity contribution in [3.63, 3.8) is 0 Å². The molecule has 0 bridgehead atoms. The van der Waals surface area contributed by atoms with E-state index in [0.29, 0.717) is 11.1 Å². The van der Waals surface area contributed by atoms with Gasteiger partial charge in [-0.25, -0.2) is 13.4 Å². The van der Waals surface area contributed by atoms with Crippen molar-refractivity contribution in [2.75, 3.05) is 12.3 Å². The summed E-state index contributed by atoms with van der Waals surface area (Å²) < 4.78 is 30.7. The predicted octanol–water partition coefficient (Wildman–Crippen LogP) is 2.30. The Bertz CT molecular complexity index is 872. The third kappa shape index (κ3) is 3.13. The minimum atomic E-state index is -3.69. The first-order valence-corrected chi connectivity index (χ1v) is 10.5. The molecule has 3 heterocycles. The van der Waals surface area contributed by atoms with Crippen molar-refractivity contribution in [3.05, 3.63) is 40.0 Å². The van der Waals surface area contributed by atoms with E-state index in [4.69, 9.17) is 0 Å². The summed E-state index contributed by atoms with van der Waals surface area (Å²) in [6, 6.07) is 7.91. The molecule has 1 aromatic carbocycles. The van der Waals surface area contributed by atoms with E-state index in [2.05, 4.69) is 31.0 Å². The molecule has 0 radical (unpaired) electrons. The summed E-state index contributed by atoms with van der Waals surface area (Å²) in [5.41, 5.74) is 2.15. The van der Waals surface area contributed by atoms with Gasteiger partial charge < -0.3 is 4.57 Å². The summed E-state index contributed by atoms with van der Waals surface area (Å²) >= 11 is 4.86. The topological polar surface area (TPSA) is 76.0 Å². The molecule has 130 valence electrons. The molecule has 2 aliphatic heterocycles. The molecule has 0 fully saturated rings. The minimum Gasteiger partial charge on any atom is -0.307 e. The third-order valence-electron chi connectivity index (χ3n) is 4.03. The average Bonchev–Trinajstić information content (AvgIpc) is 3.06. The lowest BCUT2D eigenvalue weighted by Crippen LogP contribution is -2.42. The van der Waals surface area contributed by atoms with Gasteiger partial charge in [-0.3, -0.25) is 5.32 Å². The zero-order chi connectivity index (χ0) is 16.0. The molecule has 24 heavy (non-hydrogen) atoms. The van der Waals surface area contributed by atoms with Crippen LogP contribution in [0.4, 0.5) is 0 Å². The molecule has 1 aromatic heterocycles. The molecule has 4 rings (SSSR count). The number of rotatable bonds is 3. The fourth-order valence-corrected chi connectivity index (χ4v) is 6.52. The summed E-state index contributed by atoms with van der Waals surface area (Å²) in [7, 11) is -3.69. The van der Waals surface area contributed by atoms with Crippen LogP contribution >= 0.6 is 40.1 Å². The Hall–Kier alpha value is -0.580. The second kappa shape index (κ2) is 6.97. The molecule has 1 atom stereocenters. The Balaban J connectivity index is 0.00000169. The zero-order valence-corrected chi connectivity index (χ0v) is 16.6. The molecule has 2 N–H and O–H groups in total. The van der Waals surface area contributed by atoms with Crippen LogP contribution in [0.1, 0.15) is 17.3 Å². The van der Waals surface area contributed by atoms with Gasteiger partial charge in [-0.15, -0.1) is 12.4 Å². The van der Waals surface area contributed by atoms with Gasteiger partial charge in [-0.05, 0) is 33.5 Å². The highest BCUT2D eigenvalue weighted by Gasteiger charge is 2.32. The number of halogens is 2. The number of thioether (sulfide) groups is 1. The fourth-order valence-electron chi connectivity index (χ4n) is 3.00. The number of nitrogens with one attached hydrogen (secondary N) is 2. The highest BCUT2D eigenvalue weighted by atomic mass is 79.9. The van der Waals surface area contributed by atoms with Crippen LogP contribution in [-0.2, 0) is 23.0 Å². The van der Waals surface area contributed by atoms with Crippen LogP contribution in [0.2, 0.25) is 0 Å². The molecule has 2 aliphatic rings. The van der Waals surface area contributed by atoms with Crippen LogP contribution in [0, 0.1) is 0 Å². The van der Waals surface area contributed by atoms with E-state index in [9.17, 15) is 8.42 Å². The predicted molar refractivity (Wildman–Crippen MR) is 99.1 cm³/mol. The molecule has 10 heteroatoms. The van der Waals surface area contributed by atoms with Crippen LogP contribution in [0.25, 0.3) is 0 Å². The number of benzene rings is 1. The number of hydrogen-bond donors (Lipinski definition) is 2. The lowest BCUT2D eigenvalue weighted by Gasteiger charge is -2.27. The van der Waals surface area contributed by atoms with Gasteiger partial charge in [0.15, 0.2) is 10.2 Å². The monoisotopic (exact) mass is 450 g/mol. The lowest BCUT2D eigenvalue weighted by molar-refractivity contribution is 0.465. The Kier molecular flexibility index (Phi) is 5.29. The molecule has 1 unspecified atom stereocenters. The van der Waals surface area contributed by atoms with E-state index in [1.54, 1.807) is 16.3 Å². The highest BCUT2D eigenvalue weighted by molar-refractivity contribution is 9.10. The second-order valence-electron chi connectivity index (χ2n) is 5.45. The summed E-state index contributed by atoms with van der Waals surface area (Å²) in [6.45, 7) is 1.40. The number of imidazole rings is 1. The van der Waals surface area contributed by atoms with Crippen LogP contribution in [0.5, 0.6) is 0 Å². The molecule has 0 aliphatic carbocycles. The van der Waals surface area contributed by atoms with Crippen molar-refractivity contribution in [1.82, 2.24) is 19.6 Å². The average molecular weight is 452 g/mol. The standard InChI is InChI=1S/C14H15BrN4O2S2.ClH/c15-11-13(19-7-8-22-14(19)17-11)23(20,21)18-12-10-4-2-1-3-9(10)5-6-16-12;/h1-4,12,16,18H,5-8H2;1H. The summed E-state index contributed by atoms with van der Waals surface area (Å²) in [6.07, 6.45) is 0.480. The van der Waals surface area contributed by atoms with E-state index in [1.807, 2.05) is 24.3 Å². The van der Waals surface area contributed by atoms with Crippen LogP contribution < -0.4 is 10.0 Å². The number of nitrogens with zero attached hydrogens (tertiary/aromatic N) is 2. The number of aromatic nitrogens is 2. The number of fused-ring (bicyclic) bond motifs is 2. The fraction of sp³-hybridized carbons (Fsp3) is 0.357. The highest BCUT2D eigenvalue weighted by Crippen LogP contribution is 2.34. The SMILES string of the molecule is Cl.O=S(=O)(NC1NCCc2ccccc21)c1c(Br)nc2n1CCS2. The largest absolute Gasteiger partial charge is 0.307 e. The lowest BCUT2D eigenvalue weighted by atomic mass is 9.99. The molecular formula is C14H16BrClN4O2S2. The number of hydrogen-bond acceptors (Lipinski definition) is 5. The Morgan fingerprint density at radius 1 is 1.38 bits per heavy atom. The van der Waals surface area contributed by atoms with Crippen molar-refractivity contribution in [3.8, 4) is 0 Å². The van der Waals surface area contributed by atoms with Crippen molar-refractivity contribution in [1.29, 1.82) is 0 Å². The molecule has 0 saturated heterocycles. The van der Waals surface area contributed by atoms with Crippen LogP contribution in [0.3, 0.4) is 0 Å². The molecule has 6 nitrogen and oxygen atoms in total. The van der Waals surface area contributed by atoms with Gasteiger partial charge in [0.1, 0.15) is 4.60 Å². The summed E-state index contributed by atoms with van der Waals surface area (Å²) in [5.74, 6) is 0.850. The van der Waals surface area contributed by atoms with Gasteiger partial charge in [0.2, 0.25) is 0 Å². The molecule has 0 spiro atoms. The first-order valence-electron chi connectivity index (χ1n) is 7.28. The summed E-state index contributed by atoms with van der Waals surface area (Å²) in [5, 5.41) is 4.20. The van der Waals surface area contributed by atoms with Crippen molar-refractivity contribution in [2.24, 2.45) is 0 Å². The molecular weight excluding hydrogens is 436 g/mol. The van der Waals surface area contributed by atoms with Crippen LogP contribution in [0.15, 0.2) is 39.1 Å².